The molecule has 0 saturated carbocycles. The summed E-state index contributed by atoms with van der Waals surface area (Å²) in [6.45, 7) is 9.84. The zero-order chi connectivity index (χ0) is 14.1. The summed E-state index contributed by atoms with van der Waals surface area (Å²) in [4.78, 5) is 6.80. The Labute approximate surface area is 117 Å². The van der Waals surface area contributed by atoms with Crippen molar-refractivity contribution in [3.8, 4) is 12.3 Å². The quantitative estimate of drug-likeness (QED) is 0.574. The first-order valence-electron chi connectivity index (χ1n) is 7.14. The third-order valence-corrected chi connectivity index (χ3v) is 3.03. The summed E-state index contributed by atoms with van der Waals surface area (Å²) in [7, 11) is 0. The highest BCUT2D eigenvalue weighted by Gasteiger charge is 2.07. The maximum atomic E-state index is 5.42. The molecule has 3 heteroatoms. The van der Waals surface area contributed by atoms with Gasteiger partial charge in [-0.1, -0.05) is 19.8 Å². The number of aryl methyl sites for hydroxylation is 1. The normalized spacial score (nSPS) is 10.2. The van der Waals surface area contributed by atoms with Crippen LogP contribution in [0.25, 0.3) is 0 Å². The summed E-state index contributed by atoms with van der Waals surface area (Å²) in [6, 6.07) is 4.32. The van der Waals surface area contributed by atoms with Crippen molar-refractivity contribution in [2.45, 2.75) is 40.2 Å². The van der Waals surface area contributed by atoms with Crippen molar-refractivity contribution in [3.05, 3.63) is 23.4 Å². The van der Waals surface area contributed by atoms with E-state index in [1.807, 2.05) is 0 Å². The number of terminal acetylenes is 1. The lowest BCUT2D eigenvalue weighted by Gasteiger charge is -2.20. The molecule has 0 aliphatic heterocycles. The molecule has 0 unspecified atom stereocenters. The molecule has 3 nitrogen and oxygen atoms in total. The van der Waals surface area contributed by atoms with Gasteiger partial charge in [-0.3, -0.25) is 0 Å². The van der Waals surface area contributed by atoms with Crippen LogP contribution in [0.2, 0.25) is 0 Å². The summed E-state index contributed by atoms with van der Waals surface area (Å²) in [5.41, 5.74) is 2.41. The van der Waals surface area contributed by atoms with Crippen LogP contribution in [0.3, 0.4) is 0 Å². The van der Waals surface area contributed by atoms with E-state index in [1.165, 1.54) is 5.56 Å². The topological polar surface area (TPSA) is 28.2 Å². The lowest BCUT2D eigenvalue weighted by atomic mass is 10.2. The Bertz CT molecular complexity index is 420. The predicted molar refractivity (Wildman–Crippen MR) is 82.3 cm³/mol. The van der Waals surface area contributed by atoms with Gasteiger partial charge in [-0.15, -0.1) is 6.42 Å². The summed E-state index contributed by atoms with van der Waals surface area (Å²) in [5, 5.41) is 3.43. The van der Waals surface area contributed by atoms with Crippen molar-refractivity contribution in [1.82, 2.24) is 10.3 Å². The minimum atomic E-state index is 0.610. The van der Waals surface area contributed by atoms with E-state index in [4.69, 9.17) is 6.42 Å². The molecule has 0 radical (unpaired) electrons. The van der Waals surface area contributed by atoms with E-state index in [0.29, 0.717) is 6.54 Å². The van der Waals surface area contributed by atoms with Crippen LogP contribution in [0.1, 0.15) is 38.4 Å². The lowest BCUT2D eigenvalue weighted by Crippen LogP contribution is -2.25. The number of anilines is 1. The van der Waals surface area contributed by atoms with Gasteiger partial charge in [-0.2, -0.15) is 0 Å². The first kappa shape index (κ1) is 15.5. The molecule has 0 aromatic carbocycles. The smallest absolute Gasteiger partial charge is 0.129 e. The van der Waals surface area contributed by atoms with E-state index < -0.39 is 0 Å². The second kappa shape index (κ2) is 8.55. The van der Waals surface area contributed by atoms with Crippen molar-refractivity contribution < 1.29 is 0 Å². The number of nitrogens with zero attached hydrogens (tertiary/aromatic N) is 2. The van der Waals surface area contributed by atoms with Crippen LogP contribution in [0, 0.1) is 12.3 Å². The molecule has 0 spiro atoms. The van der Waals surface area contributed by atoms with Gasteiger partial charge in [0.2, 0.25) is 0 Å². The number of aromatic nitrogens is 1. The van der Waals surface area contributed by atoms with Crippen LogP contribution in [-0.2, 0) is 13.0 Å². The summed E-state index contributed by atoms with van der Waals surface area (Å²) < 4.78 is 0. The van der Waals surface area contributed by atoms with Crippen LogP contribution >= 0.6 is 0 Å². The van der Waals surface area contributed by atoms with Gasteiger partial charge in [0.05, 0.1) is 6.54 Å². The van der Waals surface area contributed by atoms with Crippen LogP contribution in [-0.4, -0.2) is 24.6 Å². The molecule has 0 atom stereocenters. The second-order valence-electron chi connectivity index (χ2n) is 4.57. The van der Waals surface area contributed by atoms with Crippen LogP contribution < -0.4 is 10.2 Å². The third-order valence-electron chi connectivity index (χ3n) is 3.03. The Kier molecular flexibility index (Phi) is 6.99. The van der Waals surface area contributed by atoms with Gasteiger partial charge in [0.1, 0.15) is 5.82 Å². The first-order chi connectivity index (χ1) is 9.24. The van der Waals surface area contributed by atoms with Crippen molar-refractivity contribution in [2.75, 3.05) is 24.5 Å². The molecule has 1 rings (SSSR count). The van der Waals surface area contributed by atoms with Crippen LogP contribution in [0.4, 0.5) is 5.82 Å². The van der Waals surface area contributed by atoms with Gasteiger partial charge in [-0.05, 0) is 44.0 Å². The average Bonchev–Trinajstić information content (AvgIpc) is 2.44. The van der Waals surface area contributed by atoms with Crippen molar-refractivity contribution in [3.63, 3.8) is 0 Å². The first-order valence-corrected chi connectivity index (χ1v) is 7.14. The summed E-state index contributed by atoms with van der Waals surface area (Å²) in [6.07, 6.45) is 7.51. The van der Waals surface area contributed by atoms with Gasteiger partial charge >= 0.3 is 0 Å². The highest BCUT2D eigenvalue weighted by atomic mass is 15.2. The highest BCUT2D eigenvalue weighted by molar-refractivity contribution is 5.44. The fourth-order valence-electron chi connectivity index (χ4n) is 1.95. The molecule has 0 aliphatic carbocycles. The molecule has 0 bridgehead atoms. The minimum Gasteiger partial charge on any atom is -0.346 e. The number of rotatable bonds is 8. The zero-order valence-corrected chi connectivity index (χ0v) is 12.4. The lowest BCUT2D eigenvalue weighted by molar-refractivity contribution is 0.673. The zero-order valence-electron chi connectivity index (χ0n) is 12.4. The molecule has 1 aromatic heterocycles. The van der Waals surface area contributed by atoms with Crippen molar-refractivity contribution >= 4 is 5.82 Å². The molecule has 0 amide bonds. The molecule has 19 heavy (non-hydrogen) atoms. The van der Waals surface area contributed by atoms with E-state index in [9.17, 15) is 0 Å². The minimum absolute atomic E-state index is 0.610. The molecular weight excluding hydrogens is 234 g/mol. The van der Waals surface area contributed by atoms with Gasteiger partial charge in [0.25, 0.3) is 0 Å². The third kappa shape index (κ3) is 4.92. The number of hydrogen-bond acceptors (Lipinski definition) is 3. The van der Waals surface area contributed by atoms with E-state index in [2.05, 4.69) is 54.0 Å². The number of nitrogens with one attached hydrogen (secondary N) is 1. The Hall–Kier alpha value is -1.53. The average molecular weight is 259 g/mol. The fourth-order valence-corrected chi connectivity index (χ4v) is 1.95. The Balaban J connectivity index is 2.90. The fraction of sp³-hybridized carbons (Fsp3) is 0.562. The van der Waals surface area contributed by atoms with Crippen molar-refractivity contribution in [1.29, 1.82) is 0 Å². The predicted octanol–water partition coefficient (Wildman–Crippen LogP) is 2.60. The Morgan fingerprint density at radius 2 is 2.11 bits per heavy atom. The van der Waals surface area contributed by atoms with E-state index in [1.54, 1.807) is 0 Å². The Morgan fingerprint density at radius 3 is 2.68 bits per heavy atom. The van der Waals surface area contributed by atoms with E-state index in [-0.39, 0.29) is 0 Å². The van der Waals surface area contributed by atoms with Gasteiger partial charge in [0.15, 0.2) is 0 Å². The molecule has 0 saturated heterocycles. The molecular formula is C16H25N3. The highest BCUT2D eigenvalue weighted by Crippen LogP contribution is 2.15. The number of pyridine rings is 1. The van der Waals surface area contributed by atoms with Crippen LogP contribution in [0.5, 0.6) is 0 Å². The van der Waals surface area contributed by atoms with Gasteiger partial charge in [0, 0.05) is 18.8 Å². The molecule has 1 N–H and O–H groups in total. The summed E-state index contributed by atoms with van der Waals surface area (Å²) >= 11 is 0. The molecule has 104 valence electrons. The SMILES string of the molecule is C#CCN(CC)c1cc(CNCCC)cc(CC)n1. The summed E-state index contributed by atoms with van der Waals surface area (Å²) in [5.74, 6) is 3.69. The van der Waals surface area contributed by atoms with Crippen molar-refractivity contribution in [2.24, 2.45) is 0 Å². The number of hydrogen-bond donors (Lipinski definition) is 1. The van der Waals surface area contributed by atoms with E-state index in [0.717, 1.165) is 44.0 Å². The van der Waals surface area contributed by atoms with Gasteiger partial charge in [-0.25, -0.2) is 4.98 Å². The largest absolute Gasteiger partial charge is 0.346 e. The van der Waals surface area contributed by atoms with Gasteiger partial charge < -0.3 is 10.2 Å². The Morgan fingerprint density at radius 1 is 1.32 bits per heavy atom. The van der Waals surface area contributed by atoms with Crippen LogP contribution in [0.15, 0.2) is 12.1 Å². The maximum absolute atomic E-state index is 5.42. The monoisotopic (exact) mass is 259 g/mol. The molecule has 1 heterocycles. The standard InChI is InChI=1S/C16H25N3/c1-5-9-17-13-14-11-15(7-3)18-16(12-14)19(8-4)10-6-2/h2,11-12,17H,5,7-10,13H2,1,3-4H3. The maximum Gasteiger partial charge on any atom is 0.129 e. The second-order valence-corrected chi connectivity index (χ2v) is 4.57. The molecule has 0 aliphatic rings. The molecule has 0 fully saturated rings. The molecule has 1 aromatic rings. The van der Waals surface area contributed by atoms with E-state index >= 15 is 0 Å².